The summed E-state index contributed by atoms with van der Waals surface area (Å²) in [5.41, 5.74) is 8.72. The molecule has 4 aromatic carbocycles. The number of aryl methyl sites for hydroxylation is 2. The predicted molar refractivity (Wildman–Crippen MR) is 169 cm³/mol. The number of aromatic nitrogens is 1. The number of fused-ring (bicyclic) bond motifs is 1. The number of hydrogen-bond acceptors (Lipinski definition) is 3. The Balaban J connectivity index is 1.20. The molecule has 0 atom stereocenters. The van der Waals surface area contributed by atoms with Crippen molar-refractivity contribution < 1.29 is 9.47 Å². The van der Waals surface area contributed by atoms with Gasteiger partial charge in [0.25, 0.3) is 0 Å². The van der Waals surface area contributed by atoms with Crippen LogP contribution in [0.15, 0.2) is 97.1 Å². The minimum absolute atomic E-state index is 0.566. The van der Waals surface area contributed by atoms with Crippen LogP contribution < -0.4 is 9.47 Å². The maximum atomic E-state index is 6.09. The van der Waals surface area contributed by atoms with E-state index in [1.807, 2.05) is 18.2 Å². The lowest BCUT2D eigenvalue weighted by Gasteiger charge is -2.26. The third-order valence-electron chi connectivity index (χ3n) is 8.24. The summed E-state index contributed by atoms with van der Waals surface area (Å²) in [6.07, 6.45) is 4.00. The highest BCUT2D eigenvalue weighted by atomic mass is 16.5. The summed E-state index contributed by atoms with van der Waals surface area (Å²) in [7, 11) is 0. The number of hydrogen-bond donors (Lipinski definition) is 0. The number of nitrogens with zero attached hydrogens (tertiary/aromatic N) is 2. The molecule has 1 aromatic heterocycles. The average Bonchev–Trinajstić information content (AvgIpc) is 3.28. The maximum absolute atomic E-state index is 6.09. The van der Waals surface area contributed by atoms with Gasteiger partial charge in [-0.1, -0.05) is 60.5 Å². The first-order valence-corrected chi connectivity index (χ1v) is 14.9. The lowest BCUT2D eigenvalue weighted by molar-refractivity contribution is 0.183. The van der Waals surface area contributed by atoms with E-state index in [2.05, 4.69) is 102 Å². The van der Waals surface area contributed by atoms with Gasteiger partial charge in [0.15, 0.2) is 0 Å². The van der Waals surface area contributed by atoms with Crippen LogP contribution in [0.2, 0.25) is 0 Å². The predicted octanol–water partition coefficient (Wildman–Crippen LogP) is 8.42. The first-order valence-electron chi connectivity index (χ1n) is 14.9. The van der Waals surface area contributed by atoms with Crippen molar-refractivity contribution >= 4 is 10.9 Å². The van der Waals surface area contributed by atoms with Crippen LogP contribution in [-0.4, -0.2) is 35.7 Å². The molecule has 0 saturated carbocycles. The molecule has 0 spiro atoms. The van der Waals surface area contributed by atoms with E-state index in [4.69, 9.17) is 9.47 Å². The van der Waals surface area contributed by atoms with E-state index in [1.54, 1.807) is 0 Å². The zero-order valence-electron chi connectivity index (χ0n) is 24.3. The molecule has 1 saturated heterocycles. The zero-order valence-corrected chi connectivity index (χ0v) is 24.3. The van der Waals surface area contributed by atoms with Gasteiger partial charge in [-0.15, -0.1) is 0 Å². The van der Waals surface area contributed by atoms with Crippen LogP contribution in [0.4, 0.5) is 0 Å². The van der Waals surface area contributed by atoms with Crippen molar-refractivity contribution in [3.63, 3.8) is 0 Å². The molecule has 2 heterocycles. The second-order valence-electron chi connectivity index (χ2n) is 11.3. The van der Waals surface area contributed by atoms with Crippen LogP contribution in [-0.2, 0) is 13.2 Å². The summed E-state index contributed by atoms with van der Waals surface area (Å²) >= 11 is 0. The van der Waals surface area contributed by atoms with Gasteiger partial charge in [0.2, 0.25) is 0 Å². The van der Waals surface area contributed by atoms with Gasteiger partial charge >= 0.3 is 0 Å². The van der Waals surface area contributed by atoms with E-state index in [-0.39, 0.29) is 0 Å². The molecule has 4 heteroatoms. The van der Waals surface area contributed by atoms with Gasteiger partial charge in [-0.2, -0.15) is 0 Å². The quantitative estimate of drug-likeness (QED) is 0.177. The van der Waals surface area contributed by atoms with Crippen molar-refractivity contribution in [3.05, 3.63) is 119 Å². The number of benzene rings is 4. The van der Waals surface area contributed by atoms with Crippen molar-refractivity contribution in [3.8, 4) is 22.8 Å². The highest BCUT2D eigenvalue weighted by molar-refractivity contribution is 5.92. The summed E-state index contributed by atoms with van der Waals surface area (Å²) in [4.78, 5) is 2.52. The lowest BCUT2D eigenvalue weighted by Crippen LogP contribution is -2.33. The van der Waals surface area contributed by atoms with Gasteiger partial charge in [0.05, 0.1) is 5.69 Å². The van der Waals surface area contributed by atoms with Crippen molar-refractivity contribution in [2.24, 2.45) is 0 Å². The van der Waals surface area contributed by atoms with Crippen LogP contribution in [0.5, 0.6) is 11.5 Å². The summed E-state index contributed by atoms with van der Waals surface area (Å²) < 4.78 is 14.6. The molecular weight excluding hydrogens is 504 g/mol. The zero-order chi connectivity index (χ0) is 28.0. The molecule has 210 valence electrons. The lowest BCUT2D eigenvalue weighted by atomic mass is 10.1. The Morgan fingerprint density at radius 3 is 2.15 bits per heavy atom. The first kappa shape index (κ1) is 27.2. The fraction of sp³-hybridized carbons (Fsp3) is 0.297. The number of piperidine rings is 1. The molecule has 5 aromatic rings. The van der Waals surface area contributed by atoms with E-state index in [0.29, 0.717) is 6.61 Å². The summed E-state index contributed by atoms with van der Waals surface area (Å²) in [5, 5.41) is 1.31. The summed E-state index contributed by atoms with van der Waals surface area (Å²) in [6.45, 7) is 9.94. The van der Waals surface area contributed by atoms with Crippen molar-refractivity contribution in [1.29, 1.82) is 0 Å². The molecule has 6 rings (SSSR count). The normalized spacial score (nSPS) is 13.9. The summed E-state index contributed by atoms with van der Waals surface area (Å²) in [6, 6.07) is 34.3. The Kier molecular flexibility index (Phi) is 8.39. The molecule has 4 nitrogen and oxygen atoms in total. The molecule has 1 fully saturated rings. The van der Waals surface area contributed by atoms with Gasteiger partial charge in [-0.25, -0.2) is 0 Å². The Bertz CT molecular complexity index is 1560. The minimum atomic E-state index is 0.566. The molecule has 0 aliphatic carbocycles. The fourth-order valence-electron chi connectivity index (χ4n) is 5.97. The maximum Gasteiger partial charge on any atom is 0.119 e. The third-order valence-corrected chi connectivity index (χ3v) is 8.24. The van der Waals surface area contributed by atoms with Crippen molar-refractivity contribution in [1.82, 2.24) is 9.47 Å². The van der Waals surface area contributed by atoms with Crippen LogP contribution in [0.3, 0.4) is 0 Å². The SMILES string of the molecule is Cc1ccc2c(c1)c(C)c(-c1ccc(OCc3ccccc3)cc1)n2Cc1ccc(OCCN2CCCCC2)cc1. The Hall–Kier alpha value is -4.02. The molecular formula is C37H40N2O2. The highest BCUT2D eigenvalue weighted by Gasteiger charge is 2.17. The Morgan fingerprint density at radius 2 is 1.39 bits per heavy atom. The van der Waals surface area contributed by atoms with Crippen molar-refractivity contribution in [2.45, 2.75) is 46.3 Å². The fourth-order valence-corrected chi connectivity index (χ4v) is 5.97. The largest absolute Gasteiger partial charge is 0.492 e. The van der Waals surface area contributed by atoms with E-state index < -0.39 is 0 Å². The van der Waals surface area contributed by atoms with E-state index in [0.717, 1.165) is 31.2 Å². The standard InChI is InChI=1S/C37H40N2O2/c1-28-11-20-36-35(25-28)29(2)37(32-14-18-34(19-15-32)41-27-31-9-5-3-6-10-31)39(36)26-30-12-16-33(17-13-30)40-24-23-38-21-7-4-8-22-38/h3,5-6,9-20,25H,4,7-8,21-24,26-27H2,1-2H3. The molecule has 0 radical (unpaired) electrons. The highest BCUT2D eigenvalue weighted by Crippen LogP contribution is 2.35. The second-order valence-corrected chi connectivity index (χ2v) is 11.3. The monoisotopic (exact) mass is 544 g/mol. The number of ether oxygens (including phenoxy) is 2. The van der Waals surface area contributed by atoms with Crippen molar-refractivity contribution in [2.75, 3.05) is 26.2 Å². The van der Waals surface area contributed by atoms with Crippen LogP contribution in [0.1, 0.15) is 41.5 Å². The molecule has 41 heavy (non-hydrogen) atoms. The molecule has 0 unspecified atom stereocenters. The minimum Gasteiger partial charge on any atom is -0.492 e. The number of likely N-dealkylation sites (tertiary alicyclic amines) is 1. The van der Waals surface area contributed by atoms with Crippen LogP contribution in [0.25, 0.3) is 22.2 Å². The molecule has 0 bridgehead atoms. The van der Waals surface area contributed by atoms with Gasteiger partial charge in [-0.3, -0.25) is 4.90 Å². The van der Waals surface area contributed by atoms with Crippen LogP contribution in [0, 0.1) is 13.8 Å². The first-order chi connectivity index (χ1) is 20.1. The molecule has 0 amide bonds. The Morgan fingerprint density at radius 1 is 0.683 bits per heavy atom. The topological polar surface area (TPSA) is 26.6 Å². The third kappa shape index (κ3) is 6.49. The van der Waals surface area contributed by atoms with E-state index in [1.165, 1.54) is 76.8 Å². The van der Waals surface area contributed by atoms with Gasteiger partial charge in [-0.05, 0) is 111 Å². The van der Waals surface area contributed by atoms with Gasteiger partial charge in [0.1, 0.15) is 24.7 Å². The smallest absolute Gasteiger partial charge is 0.119 e. The summed E-state index contributed by atoms with van der Waals surface area (Å²) in [5.74, 6) is 1.82. The second kappa shape index (κ2) is 12.7. The van der Waals surface area contributed by atoms with E-state index in [9.17, 15) is 0 Å². The van der Waals surface area contributed by atoms with Gasteiger partial charge < -0.3 is 14.0 Å². The number of rotatable bonds is 10. The van der Waals surface area contributed by atoms with Crippen LogP contribution >= 0.6 is 0 Å². The average molecular weight is 545 g/mol. The Labute approximate surface area is 244 Å². The van der Waals surface area contributed by atoms with Gasteiger partial charge in [0, 0.05) is 24.0 Å². The molecule has 0 N–H and O–H groups in total. The molecule has 1 aliphatic rings. The van der Waals surface area contributed by atoms with E-state index >= 15 is 0 Å². The molecule has 1 aliphatic heterocycles.